The molecule has 0 saturated carbocycles. The van der Waals surface area contributed by atoms with Gasteiger partial charge < -0.3 is 5.43 Å². The number of hydrogen-bond acceptors (Lipinski definition) is 5. The van der Waals surface area contributed by atoms with Gasteiger partial charge in [0.1, 0.15) is 6.33 Å². The molecule has 13 heavy (non-hydrogen) atoms. The average Bonchev–Trinajstić information content (AvgIpc) is 2.19. The van der Waals surface area contributed by atoms with Gasteiger partial charge in [0.15, 0.2) is 11.5 Å². The number of aromatic nitrogens is 3. The molecule has 2 N–H and O–H groups in total. The van der Waals surface area contributed by atoms with Crippen molar-refractivity contribution in [3.8, 4) is 0 Å². The maximum atomic E-state index is 4.11. The van der Waals surface area contributed by atoms with Gasteiger partial charge in [-0.3, -0.25) is 0 Å². The van der Waals surface area contributed by atoms with Gasteiger partial charge >= 0.3 is 0 Å². The minimum atomic E-state index is 0.690. The summed E-state index contributed by atoms with van der Waals surface area (Å²) in [6.45, 7) is 0. The Labute approximate surface area is 75.2 Å². The van der Waals surface area contributed by atoms with Gasteiger partial charge in [0, 0.05) is 13.2 Å². The number of nitrogens with one attached hydrogen (secondary N) is 2. The fourth-order valence-electron chi connectivity index (χ4n) is 1.11. The highest BCUT2D eigenvalue weighted by Gasteiger charge is 2.00. The Morgan fingerprint density at radius 3 is 3.00 bits per heavy atom. The fraction of sp³-hybridized carbons (Fsp3) is 0.125. The van der Waals surface area contributed by atoms with Crippen LogP contribution in [0.4, 0.5) is 5.82 Å². The number of nitrogens with zero attached hydrogens (tertiary/aromatic N) is 3. The van der Waals surface area contributed by atoms with Gasteiger partial charge in [-0.05, 0) is 12.1 Å². The summed E-state index contributed by atoms with van der Waals surface area (Å²) >= 11 is 0. The Morgan fingerprint density at radius 1 is 1.23 bits per heavy atom. The van der Waals surface area contributed by atoms with E-state index in [1.165, 1.54) is 6.33 Å². The topological polar surface area (TPSA) is 62.7 Å². The van der Waals surface area contributed by atoms with Crippen LogP contribution in [0.15, 0.2) is 24.7 Å². The molecule has 0 amide bonds. The summed E-state index contributed by atoms with van der Waals surface area (Å²) in [7, 11) is 1.78. The highest BCUT2D eigenvalue weighted by molar-refractivity contribution is 5.85. The third kappa shape index (κ3) is 1.41. The molecule has 0 aliphatic heterocycles. The van der Waals surface area contributed by atoms with Crippen LogP contribution >= 0.6 is 0 Å². The highest BCUT2D eigenvalue weighted by Crippen LogP contribution is 2.14. The standard InChI is InChI=1S/C8H9N5/c1-9-13-8-6-3-2-4-10-7(6)11-5-12-8/h2-5,9H,1H3,(H,10,11,12,13). The summed E-state index contributed by atoms with van der Waals surface area (Å²) in [6, 6.07) is 3.77. The average molecular weight is 175 g/mol. The fourth-order valence-corrected chi connectivity index (χ4v) is 1.11. The molecule has 0 radical (unpaired) electrons. The van der Waals surface area contributed by atoms with E-state index in [0.717, 1.165) is 11.2 Å². The van der Waals surface area contributed by atoms with E-state index in [0.29, 0.717) is 5.65 Å². The van der Waals surface area contributed by atoms with Crippen molar-refractivity contribution < 1.29 is 0 Å². The van der Waals surface area contributed by atoms with Crippen molar-refractivity contribution in [2.45, 2.75) is 0 Å². The van der Waals surface area contributed by atoms with Crippen molar-refractivity contribution in [3.63, 3.8) is 0 Å². The predicted molar refractivity (Wildman–Crippen MR) is 50.0 cm³/mol. The van der Waals surface area contributed by atoms with Crippen LogP contribution < -0.4 is 10.9 Å². The number of anilines is 1. The third-order valence-corrected chi connectivity index (χ3v) is 1.65. The van der Waals surface area contributed by atoms with Crippen molar-refractivity contribution in [2.75, 3.05) is 12.5 Å². The lowest BCUT2D eigenvalue weighted by molar-refractivity contribution is 0.964. The van der Waals surface area contributed by atoms with E-state index in [9.17, 15) is 0 Å². The molecule has 5 heteroatoms. The first-order chi connectivity index (χ1) is 6.42. The quantitative estimate of drug-likeness (QED) is 0.653. The first kappa shape index (κ1) is 7.88. The van der Waals surface area contributed by atoms with Gasteiger partial charge in [0.05, 0.1) is 5.39 Å². The lowest BCUT2D eigenvalue weighted by Crippen LogP contribution is -2.16. The van der Waals surface area contributed by atoms with Crippen LogP contribution in [0.1, 0.15) is 0 Å². The minimum absolute atomic E-state index is 0.690. The molecule has 0 fully saturated rings. The van der Waals surface area contributed by atoms with Crippen LogP contribution in [0.3, 0.4) is 0 Å². The molecule has 2 rings (SSSR count). The second kappa shape index (κ2) is 3.32. The predicted octanol–water partition coefficient (Wildman–Crippen LogP) is 0.571. The normalized spacial score (nSPS) is 10.2. The van der Waals surface area contributed by atoms with Gasteiger partial charge in [-0.15, -0.1) is 0 Å². The second-order valence-electron chi connectivity index (χ2n) is 2.47. The number of hydrazine groups is 1. The first-order valence-corrected chi connectivity index (χ1v) is 3.90. The maximum absolute atomic E-state index is 4.11. The zero-order valence-corrected chi connectivity index (χ0v) is 7.15. The molecule has 0 saturated heterocycles. The van der Waals surface area contributed by atoms with Crippen LogP contribution in [-0.2, 0) is 0 Å². The Morgan fingerprint density at radius 2 is 2.15 bits per heavy atom. The van der Waals surface area contributed by atoms with Crippen molar-refractivity contribution in [1.29, 1.82) is 0 Å². The van der Waals surface area contributed by atoms with E-state index in [2.05, 4.69) is 25.8 Å². The first-order valence-electron chi connectivity index (χ1n) is 3.90. The highest BCUT2D eigenvalue weighted by atomic mass is 15.4. The number of rotatable bonds is 2. The molecule has 0 aromatic carbocycles. The van der Waals surface area contributed by atoms with Crippen molar-refractivity contribution in [1.82, 2.24) is 20.4 Å². The largest absolute Gasteiger partial charge is 0.305 e. The van der Waals surface area contributed by atoms with Crippen molar-refractivity contribution in [3.05, 3.63) is 24.7 Å². The van der Waals surface area contributed by atoms with Gasteiger partial charge in [0.2, 0.25) is 0 Å². The molecule has 0 bridgehead atoms. The summed E-state index contributed by atoms with van der Waals surface area (Å²) in [6.07, 6.45) is 3.19. The summed E-state index contributed by atoms with van der Waals surface area (Å²) in [5.74, 6) is 0.737. The van der Waals surface area contributed by atoms with Gasteiger partial charge in [0.25, 0.3) is 0 Å². The van der Waals surface area contributed by atoms with E-state index in [1.54, 1.807) is 13.2 Å². The number of fused-ring (bicyclic) bond motifs is 1. The van der Waals surface area contributed by atoms with Crippen LogP contribution in [0.25, 0.3) is 11.0 Å². The Balaban J connectivity index is 2.61. The SMILES string of the molecule is CNNc1ncnc2ncccc12. The zero-order valence-electron chi connectivity index (χ0n) is 7.15. The van der Waals surface area contributed by atoms with Crippen LogP contribution in [0.5, 0.6) is 0 Å². The second-order valence-corrected chi connectivity index (χ2v) is 2.47. The van der Waals surface area contributed by atoms with E-state index in [1.807, 2.05) is 12.1 Å². The van der Waals surface area contributed by atoms with E-state index >= 15 is 0 Å². The Bertz CT molecular complexity index is 409. The Hall–Kier alpha value is -1.75. The molecule has 0 spiro atoms. The summed E-state index contributed by atoms with van der Waals surface area (Å²) in [5, 5.41) is 0.902. The number of pyridine rings is 1. The molecule has 0 atom stereocenters. The van der Waals surface area contributed by atoms with Gasteiger partial charge in [-0.25, -0.2) is 20.4 Å². The summed E-state index contributed by atoms with van der Waals surface area (Å²) in [4.78, 5) is 12.2. The molecular formula is C8H9N5. The molecule has 0 unspecified atom stereocenters. The molecule has 66 valence electrons. The van der Waals surface area contributed by atoms with E-state index in [-0.39, 0.29) is 0 Å². The maximum Gasteiger partial charge on any atom is 0.164 e. The molecule has 5 nitrogen and oxygen atoms in total. The smallest absolute Gasteiger partial charge is 0.164 e. The van der Waals surface area contributed by atoms with Gasteiger partial charge in [-0.1, -0.05) is 0 Å². The Kier molecular flexibility index (Phi) is 2.01. The lowest BCUT2D eigenvalue weighted by Gasteiger charge is -2.04. The molecule has 0 aliphatic carbocycles. The van der Waals surface area contributed by atoms with Crippen LogP contribution in [0, 0.1) is 0 Å². The molecule has 2 heterocycles. The number of hydrogen-bond donors (Lipinski definition) is 2. The van der Waals surface area contributed by atoms with Crippen LogP contribution in [-0.4, -0.2) is 22.0 Å². The molecule has 0 aliphatic rings. The van der Waals surface area contributed by atoms with Gasteiger partial charge in [-0.2, -0.15) is 0 Å². The van der Waals surface area contributed by atoms with Crippen molar-refractivity contribution >= 4 is 16.9 Å². The zero-order chi connectivity index (χ0) is 9.10. The molecule has 2 aromatic rings. The minimum Gasteiger partial charge on any atom is -0.305 e. The summed E-state index contributed by atoms with van der Waals surface area (Å²) < 4.78 is 0. The lowest BCUT2D eigenvalue weighted by atomic mass is 10.3. The third-order valence-electron chi connectivity index (χ3n) is 1.65. The van der Waals surface area contributed by atoms with Crippen LogP contribution in [0.2, 0.25) is 0 Å². The van der Waals surface area contributed by atoms with Crippen molar-refractivity contribution in [2.24, 2.45) is 0 Å². The van der Waals surface area contributed by atoms with E-state index < -0.39 is 0 Å². The molecule has 2 aromatic heterocycles. The monoisotopic (exact) mass is 175 g/mol. The van der Waals surface area contributed by atoms with E-state index in [4.69, 9.17) is 0 Å². The molecular weight excluding hydrogens is 166 g/mol. The summed E-state index contributed by atoms with van der Waals surface area (Å²) in [5.41, 5.74) is 6.41.